The first-order valence-electron chi connectivity index (χ1n) is 49.4. The number of aromatic nitrogens is 8. The number of hydrogen-bond acceptors (Lipinski definition) is 2. The average molecular weight is 1830 g/mol. The van der Waals surface area contributed by atoms with Crippen molar-refractivity contribution in [2.45, 2.75) is 0 Å². The van der Waals surface area contributed by atoms with Crippen LogP contribution in [-0.2, 0) is 0 Å². The Balaban J connectivity index is 0.578. The fourth-order valence-corrected chi connectivity index (χ4v) is 23.0. The lowest BCUT2D eigenvalue weighted by atomic mass is 9.93. The van der Waals surface area contributed by atoms with Crippen LogP contribution in [0.25, 0.3) is 277 Å². The van der Waals surface area contributed by atoms with Gasteiger partial charge in [-0.05, 0) is 302 Å². The number of benzene rings is 22. The summed E-state index contributed by atoms with van der Waals surface area (Å²) in [5, 5.41) is 14.4. The Morgan fingerprint density at radius 3 is 0.549 bits per heavy atom. The molecule has 0 N–H and O–H groups in total. The van der Waals surface area contributed by atoms with E-state index in [4.69, 9.17) is 9.97 Å². The molecule has 0 unspecified atom stereocenters. The van der Waals surface area contributed by atoms with Gasteiger partial charge in [0.1, 0.15) is 0 Å². The van der Waals surface area contributed by atoms with Gasteiger partial charge in [-0.2, -0.15) is 0 Å². The zero-order valence-corrected chi connectivity index (χ0v) is 78.2. The molecule has 0 atom stereocenters. The van der Waals surface area contributed by atoms with Gasteiger partial charge < -0.3 is 27.4 Å². The fourth-order valence-electron chi connectivity index (χ4n) is 23.0. The molecule has 8 heteroatoms. The van der Waals surface area contributed by atoms with Crippen molar-refractivity contribution in [2.75, 3.05) is 0 Å². The van der Waals surface area contributed by atoms with Crippen LogP contribution in [0.1, 0.15) is 0 Å². The van der Waals surface area contributed by atoms with Crippen molar-refractivity contribution in [2.24, 2.45) is 0 Å². The topological polar surface area (TPSA) is 55.4 Å². The van der Waals surface area contributed by atoms with Crippen LogP contribution in [0.4, 0.5) is 0 Å². The lowest BCUT2D eigenvalue weighted by Gasteiger charge is -2.14. The van der Waals surface area contributed by atoms with E-state index in [2.05, 4.69) is 549 Å². The number of nitrogens with zero attached hydrogens (tertiary/aromatic N) is 8. The molecule has 0 saturated carbocycles. The Kier molecular flexibility index (Phi) is 18.9. The van der Waals surface area contributed by atoms with Gasteiger partial charge in [0.2, 0.25) is 0 Å². The number of rotatable bonds is 16. The first-order valence-corrected chi connectivity index (χ1v) is 49.4. The summed E-state index contributed by atoms with van der Waals surface area (Å²) in [7, 11) is 0. The molecule has 8 nitrogen and oxygen atoms in total. The molecule has 22 aromatic carbocycles. The van der Waals surface area contributed by atoms with Crippen LogP contribution in [0.15, 0.2) is 522 Å². The van der Waals surface area contributed by atoms with E-state index < -0.39 is 0 Å². The molecule has 29 aromatic rings. The minimum absolute atomic E-state index is 0.618. The van der Waals surface area contributed by atoms with Crippen LogP contribution in [0, 0.1) is 0 Å². The van der Waals surface area contributed by atoms with Gasteiger partial charge in [-0.15, -0.1) is 0 Å². The predicted molar refractivity (Wildman–Crippen MR) is 602 cm³/mol. The second-order valence-corrected chi connectivity index (χ2v) is 37.9. The Hall–Kier alpha value is -19.3. The maximum atomic E-state index is 5.68. The summed E-state index contributed by atoms with van der Waals surface area (Å²) in [5.74, 6) is 0.618. The highest BCUT2D eigenvalue weighted by Crippen LogP contribution is 2.48. The predicted octanol–water partition coefficient (Wildman–Crippen LogP) is 35.7. The molecule has 7 heterocycles. The lowest BCUT2D eigenvalue weighted by molar-refractivity contribution is 1.16. The third-order valence-corrected chi connectivity index (χ3v) is 29.8. The average Bonchev–Trinajstić information content (AvgIpc) is 1.57. The number of hydrogen-bond donors (Lipinski definition) is 0. The smallest absolute Gasteiger partial charge is 0.160 e. The van der Waals surface area contributed by atoms with Crippen molar-refractivity contribution in [3.05, 3.63) is 522 Å². The Bertz CT molecular complexity index is 9250. The molecule has 670 valence electrons. The molecule has 0 aliphatic heterocycles. The van der Waals surface area contributed by atoms with E-state index >= 15 is 0 Å². The third kappa shape index (κ3) is 13.5. The van der Waals surface area contributed by atoms with Gasteiger partial charge in [-0.3, -0.25) is 0 Å². The lowest BCUT2D eigenvalue weighted by Crippen LogP contribution is -1.98. The maximum Gasteiger partial charge on any atom is 0.160 e. The van der Waals surface area contributed by atoms with Crippen molar-refractivity contribution in [3.63, 3.8) is 0 Å². The van der Waals surface area contributed by atoms with E-state index in [9.17, 15) is 0 Å². The zero-order valence-electron chi connectivity index (χ0n) is 78.2. The molecule has 144 heavy (non-hydrogen) atoms. The molecular weight excluding hydrogens is 1750 g/mol. The molecule has 0 spiro atoms. The van der Waals surface area contributed by atoms with E-state index in [0.717, 1.165) is 184 Å². The highest BCUT2D eigenvalue weighted by Gasteiger charge is 2.25. The molecule has 7 aromatic heterocycles. The molecule has 0 bridgehead atoms. The third-order valence-electron chi connectivity index (χ3n) is 29.8. The minimum atomic E-state index is 0.618. The summed E-state index contributed by atoms with van der Waals surface area (Å²) in [6, 6.07) is 192. The van der Waals surface area contributed by atoms with Gasteiger partial charge in [-0.1, -0.05) is 297 Å². The van der Waals surface area contributed by atoms with Crippen LogP contribution in [0.2, 0.25) is 0 Å². The first kappa shape index (κ1) is 81.9. The highest BCUT2D eigenvalue weighted by atomic mass is 15.0. The van der Waals surface area contributed by atoms with Crippen LogP contribution in [0.3, 0.4) is 0 Å². The molecule has 0 aliphatic carbocycles. The van der Waals surface area contributed by atoms with Crippen molar-refractivity contribution >= 4 is 131 Å². The van der Waals surface area contributed by atoms with Gasteiger partial charge in [-0.25, -0.2) is 9.97 Å². The van der Waals surface area contributed by atoms with E-state index in [1.165, 1.54) is 87.2 Å². The fraction of sp³-hybridized carbons (Fsp3) is 0. The monoisotopic (exact) mass is 1830 g/mol. The van der Waals surface area contributed by atoms with E-state index in [1.54, 1.807) is 0 Å². The summed E-state index contributed by atoms with van der Waals surface area (Å²) in [5.41, 5.74) is 40.8. The van der Waals surface area contributed by atoms with Crippen molar-refractivity contribution in [3.8, 4) is 146 Å². The molecule has 0 saturated heterocycles. The normalized spacial score (nSPS) is 11.9. The quantitative estimate of drug-likeness (QED) is 0.0968. The van der Waals surface area contributed by atoms with Crippen LogP contribution in [-0.4, -0.2) is 37.4 Å². The summed E-state index contributed by atoms with van der Waals surface area (Å²) in [6.45, 7) is 0. The Morgan fingerprint density at radius 2 is 0.285 bits per heavy atom. The van der Waals surface area contributed by atoms with E-state index in [-0.39, 0.29) is 0 Å². The molecular formula is C136H86N8. The summed E-state index contributed by atoms with van der Waals surface area (Å²) < 4.78 is 14.5. The second kappa shape index (κ2) is 33.3. The number of fused-ring (bicyclic) bond motifs is 18. The first-order chi connectivity index (χ1) is 71.4. The van der Waals surface area contributed by atoms with Crippen LogP contribution in [0.5, 0.6) is 0 Å². The largest absolute Gasteiger partial charge is 0.309 e. The summed E-state index contributed by atoms with van der Waals surface area (Å²) in [4.78, 5) is 11.4. The van der Waals surface area contributed by atoms with Gasteiger partial charge in [0, 0.05) is 115 Å². The highest BCUT2D eigenvalue weighted by molar-refractivity contribution is 6.18. The van der Waals surface area contributed by atoms with Crippen molar-refractivity contribution in [1.82, 2.24) is 37.4 Å². The van der Waals surface area contributed by atoms with Crippen molar-refractivity contribution in [1.29, 1.82) is 0 Å². The van der Waals surface area contributed by atoms with Gasteiger partial charge in [0.25, 0.3) is 0 Å². The molecule has 0 aliphatic rings. The molecule has 0 fully saturated rings. The zero-order chi connectivity index (χ0) is 94.6. The SMILES string of the molecule is c1ccc(-c2cc(-c3ccccc3)cc(-c3cccc(-c4nc(-c5ccc(-n6c7ccc(-c8ccc9c(c8)c8ccccc8n9-c8ccccc8)cc7c7cc(-c8ccc9c(c8)c8ccccc8n9-c8ccccc8)ccc76)cc5)cc(-c5ccc(-n6c7ccc(-c8ccc9c(c8)c8ccccc8n9-c8ccccc8)cc7c7cc(-c8ccc9c(c8)c8ccccc8n9-c8ccccc8)ccc76)cc5)n4)c3)c2)cc1. The minimum Gasteiger partial charge on any atom is -0.309 e. The molecule has 29 rings (SSSR count). The van der Waals surface area contributed by atoms with Gasteiger partial charge >= 0.3 is 0 Å². The summed E-state index contributed by atoms with van der Waals surface area (Å²) >= 11 is 0. The second-order valence-electron chi connectivity index (χ2n) is 37.9. The van der Waals surface area contributed by atoms with Gasteiger partial charge in [0.05, 0.1) is 77.6 Å². The van der Waals surface area contributed by atoms with Crippen LogP contribution >= 0.6 is 0 Å². The Labute approximate surface area is 829 Å². The summed E-state index contributed by atoms with van der Waals surface area (Å²) in [6.07, 6.45) is 0. The van der Waals surface area contributed by atoms with Gasteiger partial charge in [0.15, 0.2) is 5.82 Å². The van der Waals surface area contributed by atoms with Crippen molar-refractivity contribution < 1.29 is 0 Å². The van der Waals surface area contributed by atoms with E-state index in [1.807, 2.05) is 0 Å². The van der Waals surface area contributed by atoms with Crippen LogP contribution < -0.4 is 0 Å². The number of para-hydroxylation sites is 8. The molecule has 0 radical (unpaired) electrons. The Morgan fingerprint density at radius 1 is 0.104 bits per heavy atom. The maximum absolute atomic E-state index is 5.68. The molecule has 0 amide bonds. The van der Waals surface area contributed by atoms with E-state index in [0.29, 0.717) is 5.82 Å². The standard InChI is InChI=1S/C136H86N8/c1-7-28-87(29-8-1)101-75-102(88-30-9-2-10-31-88)77-103(76-101)91-32-27-33-100(74-91)136-137-122(89-50-62-108(63-51-89)143-132-70-58-96(92-54-66-128-114(78-92)110-42-19-23-46-124(110)139(128)104-34-11-3-12-35-104)82-118(132)119-83-97(59-71-133(119)143)93-55-67-129-115(79-93)111-43-20-24-47-125(111)140(129)105-36-13-4-14-37-105)86-123(138-136)90-52-64-109(65-53-90)144-134-72-60-98(94-56-68-130-116(80-94)112-44-21-25-48-126(112)141(130)106-38-15-5-16-39-106)84-120(134)121-85-99(61-73-135(121)144)95-57-69-131-117(81-95)113-45-22-26-49-127(113)142(131)107-40-17-6-18-41-107/h1-86H.